The molecule has 1 N–H and O–H groups in total. The largest absolute Gasteiger partial charge is 0.506 e. The Balaban J connectivity index is 2.14. The molecule has 0 aliphatic carbocycles. The number of ether oxygens (including phenoxy) is 1. The van der Waals surface area contributed by atoms with Gasteiger partial charge in [-0.25, -0.2) is 0 Å². The molecule has 1 aromatic rings. The van der Waals surface area contributed by atoms with Crippen molar-refractivity contribution >= 4 is 5.91 Å². The van der Waals surface area contributed by atoms with Crippen LogP contribution in [-0.4, -0.2) is 46.2 Å². The van der Waals surface area contributed by atoms with Gasteiger partial charge in [-0.05, 0) is 19.9 Å². The highest BCUT2D eigenvalue weighted by Crippen LogP contribution is 2.16. The van der Waals surface area contributed by atoms with E-state index in [1.54, 1.807) is 4.90 Å². The minimum atomic E-state index is -0.115. The first-order valence-corrected chi connectivity index (χ1v) is 5.65. The lowest BCUT2D eigenvalue weighted by Gasteiger charge is -2.35. The zero-order chi connectivity index (χ0) is 12.4. The number of hydrogen-bond donors (Lipinski definition) is 1. The SMILES string of the molecule is C[C@@H]1CN(C(=O)c2cncc(O)c2)C[C@H](C)O1. The van der Waals surface area contributed by atoms with Crippen LogP contribution in [0.3, 0.4) is 0 Å². The summed E-state index contributed by atoms with van der Waals surface area (Å²) in [6.07, 6.45) is 2.84. The number of amides is 1. The number of aromatic nitrogens is 1. The molecular weight excluding hydrogens is 220 g/mol. The van der Waals surface area contributed by atoms with Crippen LogP contribution in [0.4, 0.5) is 0 Å². The molecule has 0 bridgehead atoms. The van der Waals surface area contributed by atoms with Crippen LogP contribution in [0.2, 0.25) is 0 Å². The molecular formula is C12H16N2O3. The molecule has 2 rings (SSSR count). The second-order valence-corrected chi connectivity index (χ2v) is 4.40. The third kappa shape index (κ3) is 2.74. The van der Waals surface area contributed by atoms with Gasteiger partial charge in [0.15, 0.2) is 0 Å². The predicted octanol–water partition coefficient (Wildman–Crippen LogP) is 1.04. The summed E-state index contributed by atoms with van der Waals surface area (Å²) in [6, 6.07) is 1.43. The van der Waals surface area contributed by atoms with E-state index in [1.807, 2.05) is 13.8 Å². The van der Waals surface area contributed by atoms with Crippen molar-refractivity contribution in [2.45, 2.75) is 26.1 Å². The van der Waals surface area contributed by atoms with Crippen LogP contribution in [-0.2, 0) is 4.74 Å². The first-order chi connectivity index (χ1) is 8.06. The lowest BCUT2D eigenvalue weighted by molar-refractivity contribution is -0.0586. The van der Waals surface area contributed by atoms with Gasteiger partial charge in [0.1, 0.15) is 5.75 Å². The second kappa shape index (κ2) is 4.71. The van der Waals surface area contributed by atoms with E-state index in [2.05, 4.69) is 4.98 Å². The molecule has 17 heavy (non-hydrogen) atoms. The van der Waals surface area contributed by atoms with Gasteiger partial charge in [0.05, 0.1) is 24.0 Å². The Morgan fingerprint density at radius 1 is 1.41 bits per heavy atom. The maximum atomic E-state index is 12.2. The molecule has 1 fully saturated rings. The number of hydrogen-bond acceptors (Lipinski definition) is 4. The molecule has 1 aromatic heterocycles. The van der Waals surface area contributed by atoms with E-state index < -0.39 is 0 Å². The Hall–Kier alpha value is -1.62. The first-order valence-electron chi connectivity index (χ1n) is 5.65. The van der Waals surface area contributed by atoms with E-state index in [-0.39, 0.29) is 23.9 Å². The van der Waals surface area contributed by atoms with E-state index in [0.717, 1.165) is 0 Å². The lowest BCUT2D eigenvalue weighted by Crippen LogP contribution is -2.48. The van der Waals surface area contributed by atoms with Crippen molar-refractivity contribution < 1.29 is 14.6 Å². The van der Waals surface area contributed by atoms with E-state index >= 15 is 0 Å². The van der Waals surface area contributed by atoms with Crippen molar-refractivity contribution in [1.82, 2.24) is 9.88 Å². The molecule has 2 atom stereocenters. The Kier molecular flexibility index (Phi) is 3.28. The Labute approximate surface area is 100 Å². The molecule has 0 unspecified atom stereocenters. The summed E-state index contributed by atoms with van der Waals surface area (Å²) >= 11 is 0. The van der Waals surface area contributed by atoms with Crippen molar-refractivity contribution in [3.8, 4) is 5.75 Å². The van der Waals surface area contributed by atoms with Gasteiger partial charge in [-0.15, -0.1) is 0 Å². The zero-order valence-electron chi connectivity index (χ0n) is 9.96. The standard InChI is InChI=1S/C12H16N2O3/c1-8-6-14(7-9(2)17-8)12(16)10-3-11(15)5-13-4-10/h3-5,8-9,15H,6-7H2,1-2H3/t8-,9+. The summed E-state index contributed by atoms with van der Waals surface area (Å²) in [5.41, 5.74) is 0.409. The fourth-order valence-corrected chi connectivity index (χ4v) is 2.07. The van der Waals surface area contributed by atoms with Crippen molar-refractivity contribution in [2.75, 3.05) is 13.1 Å². The molecule has 1 saturated heterocycles. The van der Waals surface area contributed by atoms with Gasteiger partial charge in [-0.3, -0.25) is 9.78 Å². The summed E-state index contributed by atoms with van der Waals surface area (Å²) in [6.45, 7) is 5.02. The summed E-state index contributed by atoms with van der Waals surface area (Å²) in [5.74, 6) is -0.111. The van der Waals surface area contributed by atoms with Gasteiger partial charge in [0.2, 0.25) is 0 Å². The number of morpholine rings is 1. The van der Waals surface area contributed by atoms with E-state index in [4.69, 9.17) is 4.74 Å². The fraction of sp³-hybridized carbons (Fsp3) is 0.500. The number of carbonyl (C=O) groups is 1. The Bertz CT molecular complexity index is 412. The molecule has 2 heterocycles. The normalized spacial score (nSPS) is 24.7. The molecule has 0 radical (unpaired) electrons. The number of nitrogens with zero attached hydrogens (tertiary/aromatic N) is 2. The van der Waals surface area contributed by atoms with Gasteiger partial charge in [-0.2, -0.15) is 0 Å². The highest BCUT2D eigenvalue weighted by molar-refractivity contribution is 5.94. The number of rotatable bonds is 1. The lowest BCUT2D eigenvalue weighted by atomic mass is 10.2. The van der Waals surface area contributed by atoms with Crippen LogP contribution < -0.4 is 0 Å². The zero-order valence-corrected chi connectivity index (χ0v) is 9.96. The maximum absolute atomic E-state index is 12.2. The Morgan fingerprint density at radius 3 is 2.65 bits per heavy atom. The van der Waals surface area contributed by atoms with Gasteiger partial charge < -0.3 is 14.7 Å². The highest BCUT2D eigenvalue weighted by atomic mass is 16.5. The third-order valence-corrected chi connectivity index (χ3v) is 2.68. The minimum Gasteiger partial charge on any atom is -0.506 e. The van der Waals surface area contributed by atoms with Crippen LogP contribution in [0.25, 0.3) is 0 Å². The molecule has 1 amide bonds. The summed E-state index contributed by atoms with van der Waals surface area (Å²) in [5, 5.41) is 9.31. The van der Waals surface area contributed by atoms with Crippen LogP contribution in [0.5, 0.6) is 5.75 Å². The third-order valence-electron chi connectivity index (χ3n) is 2.68. The van der Waals surface area contributed by atoms with Gasteiger partial charge in [-0.1, -0.05) is 0 Å². The number of carbonyl (C=O) groups excluding carboxylic acids is 1. The molecule has 1 aliphatic heterocycles. The summed E-state index contributed by atoms with van der Waals surface area (Å²) < 4.78 is 5.57. The maximum Gasteiger partial charge on any atom is 0.255 e. The van der Waals surface area contributed by atoms with Gasteiger partial charge in [0.25, 0.3) is 5.91 Å². The predicted molar refractivity (Wildman–Crippen MR) is 61.8 cm³/mol. The molecule has 1 aliphatic rings. The van der Waals surface area contributed by atoms with Crippen LogP contribution in [0.15, 0.2) is 18.5 Å². The summed E-state index contributed by atoms with van der Waals surface area (Å²) in [7, 11) is 0. The van der Waals surface area contributed by atoms with E-state index in [1.165, 1.54) is 18.5 Å². The second-order valence-electron chi connectivity index (χ2n) is 4.40. The Morgan fingerprint density at radius 2 is 2.06 bits per heavy atom. The first kappa shape index (κ1) is 11.9. The minimum absolute atomic E-state index is 0.00482. The highest BCUT2D eigenvalue weighted by Gasteiger charge is 2.26. The summed E-state index contributed by atoms with van der Waals surface area (Å²) in [4.78, 5) is 17.7. The number of aromatic hydroxyl groups is 1. The number of pyridine rings is 1. The van der Waals surface area contributed by atoms with Crippen LogP contribution >= 0.6 is 0 Å². The van der Waals surface area contributed by atoms with E-state index in [0.29, 0.717) is 18.7 Å². The van der Waals surface area contributed by atoms with Crippen LogP contribution in [0, 0.1) is 0 Å². The molecule has 0 spiro atoms. The smallest absolute Gasteiger partial charge is 0.255 e. The van der Waals surface area contributed by atoms with Crippen LogP contribution in [0.1, 0.15) is 24.2 Å². The van der Waals surface area contributed by atoms with Crippen molar-refractivity contribution in [3.63, 3.8) is 0 Å². The average molecular weight is 236 g/mol. The van der Waals surface area contributed by atoms with E-state index in [9.17, 15) is 9.90 Å². The molecule has 5 nitrogen and oxygen atoms in total. The molecule has 92 valence electrons. The monoisotopic (exact) mass is 236 g/mol. The molecule has 0 saturated carbocycles. The van der Waals surface area contributed by atoms with Crippen molar-refractivity contribution in [1.29, 1.82) is 0 Å². The molecule has 0 aromatic carbocycles. The van der Waals surface area contributed by atoms with Crippen molar-refractivity contribution in [3.05, 3.63) is 24.0 Å². The van der Waals surface area contributed by atoms with Crippen molar-refractivity contribution in [2.24, 2.45) is 0 Å². The van der Waals surface area contributed by atoms with Gasteiger partial charge in [0, 0.05) is 19.3 Å². The average Bonchev–Trinajstić information content (AvgIpc) is 2.26. The topological polar surface area (TPSA) is 62.7 Å². The molecule has 5 heteroatoms. The van der Waals surface area contributed by atoms with Gasteiger partial charge >= 0.3 is 0 Å². The quantitative estimate of drug-likeness (QED) is 0.791. The fourth-order valence-electron chi connectivity index (χ4n) is 2.07.